The summed E-state index contributed by atoms with van der Waals surface area (Å²) in [7, 11) is 0. The zero-order chi connectivity index (χ0) is 17.2. The molecule has 0 unspecified atom stereocenters. The van der Waals surface area contributed by atoms with Crippen molar-refractivity contribution in [1.82, 2.24) is 15.0 Å². The zero-order valence-electron chi connectivity index (χ0n) is 13.8. The molecule has 3 heterocycles. The van der Waals surface area contributed by atoms with Crippen LogP contribution in [0, 0.1) is 0 Å². The monoisotopic (exact) mass is 331 g/mol. The molecule has 0 bridgehead atoms. The second kappa shape index (κ2) is 6.32. The van der Waals surface area contributed by atoms with E-state index in [-0.39, 0.29) is 5.91 Å². The van der Waals surface area contributed by atoms with E-state index in [0.29, 0.717) is 5.95 Å². The average molecular weight is 331 g/mol. The Kier molecular flexibility index (Phi) is 3.85. The van der Waals surface area contributed by atoms with Crippen molar-refractivity contribution in [1.29, 1.82) is 0 Å². The van der Waals surface area contributed by atoms with Crippen molar-refractivity contribution in [2.45, 2.75) is 13.3 Å². The van der Waals surface area contributed by atoms with Crippen LogP contribution in [0.5, 0.6) is 0 Å². The van der Waals surface area contributed by atoms with Crippen LogP contribution in [-0.4, -0.2) is 27.4 Å². The van der Waals surface area contributed by atoms with Crippen LogP contribution in [0.2, 0.25) is 0 Å². The van der Waals surface area contributed by atoms with Crippen molar-refractivity contribution >= 4 is 23.2 Å². The first-order valence-electron chi connectivity index (χ1n) is 8.13. The van der Waals surface area contributed by atoms with E-state index >= 15 is 0 Å². The number of fused-ring (bicyclic) bond motifs is 1. The smallest absolute Gasteiger partial charge is 0.227 e. The number of hydrogen-bond donors (Lipinski definition) is 1. The number of aromatic nitrogens is 3. The molecule has 0 spiro atoms. The van der Waals surface area contributed by atoms with Crippen LogP contribution in [0.15, 0.2) is 54.9 Å². The van der Waals surface area contributed by atoms with Crippen LogP contribution in [0.25, 0.3) is 11.4 Å². The van der Waals surface area contributed by atoms with Gasteiger partial charge < -0.3 is 10.2 Å². The first-order chi connectivity index (χ1) is 12.2. The number of anilines is 3. The van der Waals surface area contributed by atoms with Crippen molar-refractivity contribution in [3.8, 4) is 11.4 Å². The molecule has 6 heteroatoms. The summed E-state index contributed by atoms with van der Waals surface area (Å²) >= 11 is 0. The third-order valence-electron chi connectivity index (χ3n) is 4.19. The highest BCUT2D eigenvalue weighted by Crippen LogP contribution is 2.31. The number of carbonyl (C=O) groups is 1. The van der Waals surface area contributed by atoms with Gasteiger partial charge in [-0.1, -0.05) is 6.07 Å². The molecule has 1 aliphatic heterocycles. The van der Waals surface area contributed by atoms with E-state index in [1.165, 1.54) is 0 Å². The molecular weight excluding hydrogens is 314 g/mol. The van der Waals surface area contributed by atoms with Crippen LogP contribution < -0.4 is 10.2 Å². The van der Waals surface area contributed by atoms with Crippen LogP contribution in [0.3, 0.4) is 0 Å². The lowest BCUT2D eigenvalue weighted by Gasteiger charge is -2.15. The molecule has 124 valence electrons. The number of nitrogens with zero attached hydrogens (tertiary/aromatic N) is 4. The van der Waals surface area contributed by atoms with Crippen molar-refractivity contribution in [3.05, 3.63) is 60.4 Å². The Balaban J connectivity index is 1.58. The van der Waals surface area contributed by atoms with Gasteiger partial charge in [0.25, 0.3) is 0 Å². The van der Waals surface area contributed by atoms with E-state index in [0.717, 1.165) is 41.3 Å². The molecule has 0 fully saturated rings. The van der Waals surface area contributed by atoms with Gasteiger partial charge >= 0.3 is 0 Å². The van der Waals surface area contributed by atoms with Crippen molar-refractivity contribution in [2.24, 2.45) is 0 Å². The fourth-order valence-electron chi connectivity index (χ4n) is 3.01. The highest BCUT2D eigenvalue weighted by atomic mass is 16.2. The molecule has 1 aliphatic rings. The molecule has 6 nitrogen and oxygen atoms in total. The quantitative estimate of drug-likeness (QED) is 0.798. The molecule has 0 saturated carbocycles. The summed E-state index contributed by atoms with van der Waals surface area (Å²) in [6.45, 7) is 2.33. The molecular formula is C19H17N5O. The molecule has 2 aromatic heterocycles. The SMILES string of the molecule is CC(=O)N1CCc2cc(Nc3nccc(-c4ccccn4)n3)ccc21. The second-order valence-electron chi connectivity index (χ2n) is 5.87. The summed E-state index contributed by atoms with van der Waals surface area (Å²) in [6, 6.07) is 13.5. The maximum Gasteiger partial charge on any atom is 0.227 e. The fraction of sp³-hybridized carbons (Fsp3) is 0.158. The van der Waals surface area contributed by atoms with E-state index in [1.807, 2.05) is 36.4 Å². The number of amides is 1. The first-order valence-corrected chi connectivity index (χ1v) is 8.13. The minimum absolute atomic E-state index is 0.0749. The Morgan fingerprint density at radius 1 is 1.08 bits per heavy atom. The Morgan fingerprint density at radius 3 is 2.80 bits per heavy atom. The molecule has 0 atom stereocenters. The third kappa shape index (κ3) is 3.06. The topological polar surface area (TPSA) is 71.0 Å². The van der Waals surface area contributed by atoms with E-state index in [9.17, 15) is 4.79 Å². The largest absolute Gasteiger partial charge is 0.324 e. The number of pyridine rings is 1. The predicted molar refractivity (Wildman–Crippen MR) is 96.7 cm³/mol. The minimum Gasteiger partial charge on any atom is -0.324 e. The molecule has 1 N–H and O–H groups in total. The molecule has 3 aromatic rings. The maximum atomic E-state index is 11.6. The molecule has 4 rings (SSSR count). The fourth-order valence-corrected chi connectivity index (χ4v) is 3.01. The standard InChI is InChI=1S/C19H17N5O/c1-13(25)24-11-8-14-12-15(5-6-18(14)24)22-19-21-10-7-17(23-19)16-4-2-3-9-20-16/h2-7,9-10,12H,8,11H2,1H3,(H,21,22,23). The second-order valence-corrected chi connectivity index (χ2v) is 5.87. The van der Waals surface area contributed by atoms with Gasteiger partial charge in [-0.3, -0.25) is 9.78 Å². The van der Waals surface area contributed by atoms with Gasteiger partial charge in [-0.2, -0.15) is 0 Å². The Bertz CT molecular complexity index is 926. The van der Waals surface area contributed by atoms with Gasteiger partial charge in [0.15, 0.2) is 0 Å². The Hall–Kier alpha value is -3.28. The van der Waals surface area contributed by atoms with E-state index in [4.69, 9.17) is 0 Å². The van der Waals surface area contributed by atoms with Gasteiger partial charge in [0.2, 0.25) is 11.9 Å². The average Bonchev–Trinajstić information content (AvgIpc) is 3.06. The highest BCUT2D eigenvalue weighted by Gasteiger charge is 2.22. The Morgan fingerprint density at radius 2 is 2.00 bits per heavy atom. The van der Waals surface area contributed by atoms with E-state index in [1.54, 1.807) is 24.2 Å². The van der Waals surface area contributed by atoms with Gasteiger partial charge in [-0.05, 0) is 48.4 Å². The molecule has 0 saturated heterocycles. The predicted octanol–water partition coefficient (Wildman–Crippen LogP) is 3.19. The van der Waals surface area contributed by atoms with Crippen LogP contribution in [0.4, 0.5) is 17.3 Å². The van der Waals surface area contributed by atoms with E-state index in [2.05, 4.69) is 26.3 Å². The van der Waals surface area contributed by atoms with E-state index < -0.39 is 0 Å². The van der Waals surface area contributed by atoms with Crippen LogP contribution >= 0.6 is 0 Å². The number of carbonyl (C=O) groups excluding carboxylic acids is 1. The van der Waals surface area contributed by atoms with Gasteiger partial charge in [0.1, 0.15) is 0 Å². The lowest BCUT2D eigenvalue weighted by Crippen LogP contribution is -2.25. The summed E-state index contributed by atoms with van der Waals surface area (Å²) < 4.78 is 0. The van der Waals surface area contributed by atoms with Crippen molar-refractivity contribution < 1.29 is 4.79 Å². The van der Waals surface area contributed by atoms with Gasteiger partial charge in [-0.15, -0.1) is 0 Å². The van der Waals surface area contributed by atoms with Crippen LogP contribution in [0.1, 0.15) is 12.5 Å². The number of nitrogens with one attached hydrogen (secondary N) is 1. The van der Waals surface area contributed by atoms with Gasteiger partial charge in [0.05, 0.1) is 11.4 Å². The molecule has 1 aromatic carbocycles. The summed E-state index contributed by atoms with van der Waals surface area (Å²) in [5, 5.41) is 3.23. The van der Waals surface area contributed by atoms with Crippen molar-refractivity contribution in [2.75, 3.05) is 16.8 Å². The number of hydrogen-bond acceptors (Lipinski definition) is 5. The molecule has 1 amide bonds. The molecule has 25 heavy (non-hydrogen) atoms. The molecule has 0 aliphatic carbocycles. The normalized spacial score (nSPS) is 12.8. The Labute approximate surface area is 145 Å². The van der Waals surface area contributed by atoms with Gasteiger partial charge in [-0.25, -0.2) is 9.97 Å². The summed E-state index contributed by atoms with van der Waals surface area (Å²) in [6.07, 6.45) is 4.31. The lowest BCUT2D eigenvalue weighted by molar-refractivity contribution is -0.116. The summed E-state index contributed by atoms with van der Waals surface area (Å²) in [5.41, 5.74) is 4.62. The summed E-state index contributed by atoms with van der Waals surface area (Å²) in [4.78, 5) is 26.6. The molecule has 0 radical (unpaired) electrons. The lowest BCUT2D eigenvalue weighted by atomic mass is 10.1. The number of rotatable bonds is 3. The number of benzene rings is 1. The van der Waals surface area contributed by atoms with Crippen LogP contribution in [-0.2, 0) is 11.2 Å². The third-order valence-corrected chi connectivity index (χ3v) is 4.19. The van der Waals surface area contributed by atoms with Gasteiger partial charge in [0, 0.05) is 37.2 Å². The van der Waals surface area contributed by atoms with Crippen molar-refractivity contribution in [3.63, 3.8) is 0 Å². The first kappa shape index (κ1) is 15.3. The zero-order valence-corrected chi connectivity index (χ0v) is 13.8. The minimum atomic E-state index is 0.0749. The maximum absolute atomic E-state index is 11.6. The summed E-state index contributed by atoms with van der Waals surface area (Å²) in [5.74, 6) is 0.593. The highest BCUT2D eigenvalue weighted by molar-refractivity contribution is 5.94.